The van der Waals surface area contributed by atoms with E-state index in [-0.39, 0.29) is 18.8 Å². The van der Waals surface area contributed by atoms with Gasteiger partial charge in [0.15, 0.2) is 5.79 Å². The number of ether oxygens (including phenoxy) is 4. The van der Waals surface area contributed by atoms with E-state index in [2.05, 4.69) is 6.92 Å². The summed E-state index contributed by atoms with van der Waals surface area (Å²) in [6, 6.07) is 1.81. The van der Waals surface area contributed by atoms with E-state index < -0.39 is 64.2 Å². The summed E-state index contributed by atoms with van der Waals surface area (Å²) in [7, 11) is 1.35. The molecule has 0 amide bonds. The Morgan fingerprint density at radius 2 is 2.00 bits per heavy atom. The average Bonchev–Trinajstić information content (AvgIpc) is 3.49. The number of hydrogen-bond donors (Lipinski definition) is 1. The molecule has 1 saturated heterocycles. The minimum Gasteiger partial charge on any atom is -0.472 e. The van der Waals surface area contributed by atoms with Crippen LogP contribution >= 0.6 is 0 Å². The molecule has 0 unspecified atom stereocenters. The first-order valence-electron chi connectivity index (χ1n) is 14.3. The Morgan fingerprint density at radius 3 is 2.66 bits per heavy atom. The molecule has 1 N–H and O–H groups in total. The molecule has 9 nitrogen and oxygen atoms in total. The third-order valence-electron chi connectivity index (χ3n) is 11.1. The molecule has 3 aliphatic heterocycles. The summed E-state index contributed by atoms with van der Waals surface area (Å²) in [6.07, 6.45) is 7.75. The Balaban J connectivity index is 1.54. The van der Waals surface area contributed by atoms with E-state index in [1.54, 1.807) is 38.5 Å². The SMILES string of the molecule is C/C=C(\C)C(=O)O[C@@H]1[C@@H]2C=C3C4=CC(=O)O[C@@H](c5ccoc5)[C@]4(C)CC[C@@H]3[C@@]3(C)[C@@H](CC(=O)OC)[C@@]1(C)C[C@]3(O)O2. The highest BCUT2D eigenvalue weighted by Gasteiger charge is 2.77. The Labute approximate surface area is 239 Å². The van der Waals surface area contributed by atoms with Crippen molar-refractivity contribution in [2.75, 3.05) is 7.11 Å². The monoisotopic (exact) mass is 566 g/mol. The van der Waals surface area contributed by atoms with Crippen LogP contribution in [0.3, 0.4) is 0 Å². The van der Waals surface area contributed by atoms with Crippen molar-refractivity contribution in [2.24, 2.45) is 28.1 Å². The van der Waals surface area contributed by atoms with Gasteiger partial charge in [0.1, 0.15) is 18.3 Å². The van der Waals surface area contributed by atoms with Crippen molar-refractivity contribution in [3.05, 3.63) is 59.1 Å². The van der Waals surface area contributed by atoms with Gasteiger partial charge < -0.3 is 28.5 Å². The van der Waals surface area contributed by atoms with Gasteiger partial charge in [-0.05, 0) is 61.8 Å². The van der Waals surface area contributed by atoms with E-state index in [1.165, 1.54) is 7.11 Å². The van der Waals surface area contributed by atoms with Gasteiger partial charge in [0, 0.05) is 46.3 Å². The molecule has 220 valence electrons. The number of fused-ring (bicyclic) bond motifs is 6. The van der Waals surface area contributed by atoms with E-state index >= 15 is 0 Å². The van der Waals surface area contributed by atoms with Crippen LogP contribution in [-0.2, 0) is 33.3 Å². The van der Waals surface area contributed by atoms with Crippen molar-refractivity contribution < 1.29 is 42.9 Å². The highest BCUT2D eigenvalue weighted by Crippen LogP contribution is 2.74. The second-order valence-corrected chi connectivity index (χ2v) is 13.0. The standard InChI is InChI=1S/C32H38O9/c1-7-17(2)28(35)40-27-22-12-19-20(31(5)23(14-24(33)37-6)30(27,4)16-32(31,36)41-22)8-10-29(3)21(19)13-25(34)39-26(29)18-9-11-38-15-18/h7,9,11-13,15,20,22-23,26-27,36H,8,10,14,16H2,1-6H3/b17-7+/t20-,22-,23-,26-,27+,29+,30+,31-,32-/m0/s1. The first-order valence-corrected chi connectivity index (χ1v) is 14.3. The fourth-order valence-corrected chi connectivity index (χ4v) is 8.81. The molecule has 6 rings (SSSR count). The molecule has 2 aliphatic carbocycles. The molecule has 5 aliphatic rings. The van der Waals surface area contributed by atoms with Gasteiger partial charge in [-0.2, -0.15) is 0 Å². The van der Waals surface area contributed by atoms with E-state index in [1.807, 2.05) is 26.0 Å². The fraction of sp³-hybridized carbons (Fsp3) is 0.594. The van der Waals surface area contributed by atoms with Crippen LogP contribution in [-0.4, -0.2) is 48.1 Å². The minimum absolute atomic E-state index is 0.0261. The first kappa shape index (κ1) is 28.0. The number of methoxy groups -OCH3 is 1. The molecule has 0 radical (unpaired) electrons. The van der Waals surface area contributed by atoms with Crippen LogP contribution in [0.5, 0.6) is 0 Å². The van der Waals surface area contributed by atoms with E-state index in [4.69, 9.17) is 23.4 Å². The Bertz CT molecular complexity index is 1390. The van der Waals surface area contributed by atoms with Gasteiger partial charge in [-0.25, -0.2) is 9.59 Å². The van der Waals surface area contributed by atoms with Crippen LogP contribution in [0, 0.1) is 28.1 Å². The molecule has 0 spiro atoms. The quantitative estimate of drug-likeness (QED) is 0.306. The maximum Gasteiger partial charge on any atom is 0.333 e. The molecular weight excluding hydrogens is 528 g/mol. The van der Waals surface area contributed by atoms with Crippen molar-refractivity contribution in [3.63, 3.8) is 0 Å². The van der Waals surface area contributed by atoms with Gasteiger partial charge in [-0.3, -0.25) is 4.79 Å². The Hall–Kier alpha value is -3.17. The number of aliphatic hydroxyl groups is 1. The van der Waals surface area contributed by atoms with Gasteiger partial charge in [0.2, 0.25) is 0 Å². The lowest BCUT2D eigenvalue weighted by Gasteiger charge is -2.54. The molecule has 1 aromatic heterocycles. The summed E-state index contributed by atoms with van der Waals surface area (Å²) < 4.78 is 29.1. The predicted octanol–water partition coefficient (Wildman–Crippen LogP) is 4.72. The first-order chi connectivity index (χ1) is 19.3. The van der Waals surface area contributed by atoms with Crippen molar-refractivity contribution in [3.8, 4) is 0 Å². The van der Waals surface area contributed by atoms with Crippen molar-refractivity contribution >= 4 is 17.9 Å². The largest absolute Gasteiger partial charge is 0.472 e. The van der Waals surface area contributed by atoms with Crippen molar-refractivity contribution in [1.29, 1.82) is 0 Å². The van der Waals surface area contributed by atoms with Gasteiger partial charge in [0.05, 0.1) is 19.6 Å². The molecule has 9 atom stereocenters. The highest BCUT2D eigenvalue weighted by molar-refractivity contribution is 5.88. The predicted molar refractivity (Wildman–Crippen MR) is 145 cm³/mol. The zero-order chi connectivity index (χ0) is 29.5. The van der Waals surface area contributed by atoms with Gasteiger partial charge in [-0.1, -0.05) is 26.8 Å². The smallest absolute Gasteiger partial charge is 0.333 e. The van der Waals surface area contributed by atoms with E-state index in [0.29, 0.717) is 18.4 Å². The molecule has 3 fully saturated rings. The van der Waals surface area contributed by atoms with E-state index in [9.17, 15) is 19.5 Å². The molecule has 3 bridgehead atoms. The van der Waals surface area contributed by atoms with Crippen LogP contribution in [0.1, 0.15) is 72.0 Å². The molecule has 0 aromatic carbocycles. The number of hydrogen-bond acceptors (Lipinski definition) is 9. The number of carbonyl (C=O) groups is 3. The number of furan rings is 1. The van der Waals surface area contributed by atoms with Crippen molar-refractivity contribution in [2.45, 2.75) is 84.4 Å². The zero-order valence-corrected chi connectivity index (χ0v) is 24.4. The average molecular weight is 567 g/mol. The highest BCUT2D eigenvalue weighted by atomic mass is 16.7. The van der Waals surface area contributed by atoms with Gasteiger partial charge in [-0.15, -0.1) is 0 Å². The number of cyclic esters (lactones) is 1. The molecule has 9 heteroatoms. The lowest BCUT2D eigenvalue weighted by atomic mass is 9.51. The second kappa shape index (κ2) is 9.16. The number of esters is 3. The third kappa shape index (κ3) is 3.70. The van der Waals surface area contributed by atoms with Crippen LogP contribution in [0.15, 0.2) is 58.0 Å². The summed E-state index contributed by atoms with van der Waals surface area (Å²) in [5.41, 5.74) is 0.594. The number of carbonyl (C=O) groups excluding carboxylic acids is 3. The fourth-order valence-electron chi connectivity index (χ4n) is 8.81. The molecule has 4 heterocycles. The van der Waals surface area contributed by atoms with Gasteiger partial charge in [0.25, 0.3) is 0 Å². The normalized spacial score (nSPS) is 42.8. The zero-order valence-electron chi connectivity index (χ0n) is 24.4. The summed E-state index contributed by atoms with van der Waals surface area (Å²) >= 11 is 0. The summed E-state index contributed by atoms with van der Waals surface area (Å²) in [4.78, 5) is 39.1. The third-order valence-corrected chi connectivity index (χ3v) is 11.1. The maximum absolute atomic E-state index is 13.1. The number of rotatable bonds is 5. The number of allylic oxidation sites excluding steroid dienone is 2. The lowest BCUT2D eigenvalue weighted by Crippen LogP contribution is -2.55. The Kier molecular flexibility index (Phi) is 6.25. The minimum atomic E-state index is -1.60. The summed E-state index contributed by atoms with van der Waals surface area (Å²) in [5.74, 6) is -3.62. The van der Waals surface area contributed by atoms with Gasteiger partial charge >= 0.3 is 17.9 Å². The van der Waals surface area contributed by atoms with E-state index in [0.717, 1.165) is 16.7 Å². The van der Waals surface area contributed by atoms with Crippen LogP contribution < -0.4 is 0 Å². The molecular formula is C32H38O9. The molecule has 1 aromatic rings. The maximum atomic E-state index is 13.1. The summed E-state index contributed by atoms with van der Waals surface area (Å²) in [5, 5.41) is 12.3. The van der Waals surface area contributed by atoms with Crippen LogP contribution in [0.25, 0.3) is 0 Å². The second-order valence-electron chi connectivity index (χ2n) is 13.0. The Morgan fingerprint density at radius 1 is 1.24 bits per heavy atom. The van der Waals surface area contributed by atoms with Crippen LogP contribution in [0.4, 0.5) is 0 Å². The van der Waals surface area contributed by atoms with Crippen LogP contribution in [0.2, 0.25) is 0 Å². The molecule has 2 saturated carbocycles. The topological polar surface area (TPSA) is 122 Å². The van der Waals surface area contributed by atoms with Crippen molar-refractivity contribution in [1.82, 2.24) is 0 Å². The summed E-state index contributed by atoms with van der Waals surface area (Å²) in [6.45, 7) is 9.49. The lowest BCUT2D eigenvalue weighted by molar-refractivity contribution is -0.307. The molecule has 41 heavy (non-hydrogen) atoms.